The van der Waals surface area contributed by atoms with E-state index in [1.54, 1.807) is 0 Å². The largest absolute Gasteiger partial charge is 0.394 e. The number of amidine groups is 1. The van der Waals surface area contributed by atoms with Gasteiger partial charge in [0.1, 0.15) is 0 Å². The van der Waals surface area contributed by atoms with Gasteiger partial charge in [0.25, 0.3) is 0 Å². The van der Waals surface area contributed by atoms with E-state index in [4.69, 9.17) is 5.11 Å². The van der Waals surface area contributed by atoms with E-state index in [-0.39, 0.29) is 17.8 Å². The van der Waals surface area contributed by atoms with Crippen molar-refractivity contribution < 1.29 is 9.90 Å². The van der Waals surface area contributed by atoms with Crippen LogP contribution in [0.5, 0.6) is 0 Å². The van der Waals surface area contributed by atoms with Crippen LogP contribution < -0.4 is 5.32 Å². The molecule has 0 aromatic carbocycles. The van der Waals surface area contributed by atoms with Crippen LogP contribution in [0.4, 0.5) is 0 Å². The maximum Gasteiger partial charge on any atom is 0.239 e. The van der Waals surface area contributed by atoms with Gasteiger partial charge in [-0.3, -0.25) is 9.79 Å². The molecule has 2 aliphatic rings. The number of nitrogens with zero attached hydrogens (tertiary/aromatic N) is 1. The summed E-state index contributed by atoms with van der Waals surface area (Å²) in [7, 11) is 0. The second kappa shape index (κ2) is 9.37. The van der Waals surface area contributed by atoms with E-state index >= 15 is 0 Å². The summed E-state index contributed by atoms with van der Waals surface area (Å²) in [6.45, 7) is 4.39. The standard InChI is InChI=1S/C8H14N2O2S.C6H12/c1-5(2)6-7(12)10-8(13-6)9-3-4-11;1-2-4-6-5-3-1/h5-6,11H,3-4H2,1-2H3,(H,9,10,12);1-6H2. The smallest absolute Gasteiger partial charge is 0.239 e. The summed E-state index contributed by atoms with van der Waals surface area (Å²) in [6.07, 6.45) is 9.00. The highest BCUT2D eigenvalue weighted by Crippen LogP contribution is 2.25. The normalized spacial score (nSPS) is 25.2. The van der Waals surface area contributed by atoms with Crippen LogP contribution in [0.25, 0.3) is 0 Å². The molecule has 0 aromatic rings. The highest BCUT2D eigenvalue weighted by Gasteiger charge is 2.32. The molecule has 0 spiro atoms. The van der Waals surface area contributed by atoms with E-state index in [1.165, 1.54) is 50.3 Å². The van der Waals surface area contributed by atoms with E-state index in [0.29, 0.717) is 17.6 Å². The third-order valence-corrected chi connectivity index (χ3v) is 4.65. The summed E-state index contributed by atoms with van der Waals surface area (Å²) in [5.41, 5.74) is 0. The second-order valence-corrected chi connectivity index (χ2v) is 6.43. The summed E-state index contributed by atoms with van der Waals surface area (Å²) in [5, 5.41) is 11.8. The van der Waals surface area contributed by atoms with Crippen LogP contribution in [0.1, 0.15) is 52.4 Å². The summed E-state index contributed by atoms with van der Waals surface area (Å²) in [6, 6.07) is 0. The Morgan fingerprint density at radius 1 is 1.26 bits per heavy atom. The third kappa shape index (κ3) is 6.43. The minimum Gasteiger partial charge on any atom is -0.394 e. The summed E-state index contributed by atoms with van der Waals surface area (Å²) in [5.74, 6) is 0.337. The van der Waals surface area contributed by atoms with E-state index in [2.05, 4.69) is 10.3 Å². The highest BCUT2D eigenvalue weighted by atomic mass is 32.2. The monoisotopic (exact) mass is 286 g/mol. The Hall–Kier alpha value is -0.550. The Morgan fingerprint density at radius 3 is 2.16 bits per heavy atom. The Labute approximate surface area is 120 Å². The number of hydrogen-bond acceptors (Lipinski definition) is 4. The van der Waals surface area contributed by atoms with Crippen LogP contribution in [0.15, 0.2) is 4.99 Å². The zero-order valence-electron chi connectivity index (χ0n) is 12.0. The number of aliphatic imine (C=N–C) groups is 1. The number of rotatable bonds is 3. The van der Waals surface area contributed by atoms with Crippen molar-refractivity contribution in [3.05, 3.63) is 0 Å². The number of thioether (sulfide) groups is 1. The van der Waals surface area contributed by atoms with Gasteiger partial charge in [-0.05, 0) is 5.92 Å². The van der Waals surface area contributed by atoms with Crippen LogP contribution in [0.3, 0.4) is 0 Å². The van der Waals surface area contributed by atoms with Gasteiger partial charge < -0.3 is 10.4 Å². The van der Waals surface area contributed by atoms with Gasteiger partial charge in [-0.25, -0.2) is 0 Å². The zero-order chi connectivity index (χ0) is 14.1. The molecule has 1 saturated heterocycles. The molecule has 19 heavy (non-hydrogen) atoms. The van der Waals surface area contributed by atoms with Crippen LogP contribution in [0, 0.1) is 5.92 Å². The molecule has 0 radical (unpaired) electrons. The Morgan fingerprint density at radius 2 is 1.79 bits per heavy atom. The molecular weight excluding hydrogens is 260 g/mol. The SMILES string of the molecule is C1CCCCC1.CC(C)C1SC(=NCCO)NC1=O. The lowest BCUT2D eigenvalue weighted by molar-refractivity contribution is -0.119. The molecule has 1 saturated carbocycles. The second-order valence-electron chi connectivity index (χ2n) is 5.30. The first-order chi connectivity index (χ1) is 9.15. The number of aliphatic hydroxyl groups is 1. The van der Waals surface area contributed by atoms with Gasteiger partial charge in [0.05, 0.1) is 18.4 Å². The molecule has 0 bridgehead atoms. The van der Waals surface area contributed by atoms with Crippen LogP contribution in [0.2, 0.25) is 0 Å². The van der Waals surface area contributed by atoms with Gasteiger partial charge in [-0.1, -0.05) is 64.1 Å². The van der Waals surface area contributed by atoms with Crippen molar-refractivity contribution in [3.8, 4) is 0 Å². The summed E-state index contributed by atoms with van der Waals surface area (Å²) >= 11 is 1.45. The summed E-state index contributed by atoms with van der Waals surface area (Å²) < 4.78 is 0. The van der Waals surface area contributed by atoms with E-state index in [9.17, 15) is 4.79 Å². The van der Waals surface area contributed by atoms with Crippen LogP contribution in [-0.4, -0.2) is 34.6 Å². The van der Waals surface area contributed by atoms with Crippen molar-refractivity contribution >= 4 is 22.8 Å². The Bertz CT molecular complexity index is 290. The molecule has 4 nitrogen and oxygen atoms in total. The fourth-order valence-corrected chi connectivity index (χ4v) is 3.11. The van der Waals surface area contributed by atoms with Crippen molar-refractivity contribution in [2.24, 2.45) is 10.9 Å². The lowest BCUT2D eigenvalue weighted by Crippen LogP contribution is -2.27. The van der Waals surface area contributed by atoms with Crippen molar-refractivity contribution in [3.63, 3.8) is 0 Å². The molecule has 1 unspecified atom stereocenters. The van der Waals surface area contributed by atoms with Gasteiger partial charge in [0, 0.05) is 0 Å². The number of nitrogens with one attached hydrogen (secondary N) is 1. The molecule has 5 heteroatoms. The molecule has 1 atom stereocenters. The van der Waals surface area contributed by atoms with Gasteiger partial charge in [-0.2, -0.15) is 0 Å². The molecule has 1 aliphatic carbocycles. The molecule has 2 rings (SSSR count). The minimum atomic E-state index is -0.0301. The predicted molar refractivity (Wildman–Crippen MR) is 81.4 cm³/mol. The fraction of sp³-hybridized carbons (Fsp3) is 0.857. The molecule has 1 amide bonds. The quantitative estimate of drug-likeness (QED) is 0.838. The van der Waals surface area contributed by atoms with Crippen molar-refractivity contribution in [1.29, 1.82) is 0 Å². The Balaban J connectivity index is 0.000000250. The van der Waals surface area contributed by atoms with Crippen LogP contribution in [-0.2, 0) is 4.79 Å². The number of amides is 1. The maximum absolute atomic E-state index is 11.3. The van der Waals surface area contributed by atoms with Crippen LogP contribution >= 0.6 is 11.8 Å². The van der Waals surface area contributed by atoms with Crippen molar-refractivity contribution in [1.82, 2.24) is 5.32 Å². The van der Waals surface area contributed by atoms with E-state index in [0.717, 1.165) is 0 Å². The lowest BCUT2D eigenvalue weighted by atomic mass is 10.0. The number of aliphatic hydroxyl groups excluding tert-OH is 1. The summed E-state index contributed by atoms with van der Waals surface area (Å²) in [4.78, 5) is 15.3. The average molecular weight is 286 g/mol. The predicted octanol–water partition coefficient (Wildman–Crippen LogP) is 2.56. The van der Waals surface area contributed by atoms with Gasteiger partial charge in [-0.15, -0.1) is 0 Å². The van der Waals surface area contributed by atoms with Gasteiger partial charge in [0.15, 0.2) is 5.17 Å². The topological polar surface area (TPSA) is 61.7 Å². The molecule has 2 fully saturated rings. The first-order valence-electron chi connectivity index (χ1n) is 7.28. The molecule has 110 valence electrons. The molecular formula is C14H26N2O2S. The average Bonchev–Trinajstić information content (AvgIpc) is 2.80. The molecule has 1 aliphatic heterocycles. The number of hydrogen-bond donors (Lipinski definition) is 2. The van der Waals surface area contributed by atoms with E-state index in [1.807, 2.05) is 13.8 Å². The van der Waals surface area contributed by atoms with E-state index < -0.39 is 0 Å². The fourth-order valence-electron chi connectivity index (χ4n) is 2.11. The maximum atomic E-state index is 11.3. The lowest BCUT2D eigenvalue weighted by Gasteiger charge is -2.07. The Kier molecular flexibility index (Phi) is 8.14. The molecule has 2 N–H and O–H groups in total. The van der Waals surface area contributed by atoms with Crippen molar-refractivity contribution in [2.75, 3.05) is 13.2 Å². The third-order valence-electron chi connectivity index (χ3n) is 3.19. The molecule has 1 heterocycles. The van der Waals surface area contributed by atoms with Gasteiger partial charge in [0.2, 0.25) is 5.91 Å². The van der Waals surface area contributed by atoms with Gasteiger partial charge >= 0.3 is 0 Å². The zero-order valence-corrected chi connectivity index (χ0v) is 12.8. The first-order valence-corrected chi connectivity index (χ1v) is 8.16. The first kappa shape index (κ1) is 16.5. The minimum absolute atomic E-state index is 0.0201. The number of carbonyl (C=O) groups excluding carboxylic acids is 1. The highest BCUT2D eigenvalue weighted by molar-refractivity contribution is 8.15. The molecule has 0 aromatic heterocycles. The van der Waals surface area contributed by atoms with Crippen molar-refractivity contribution in [2.45, 2.75) is 57.6 Å². The number of carbonyl (C=O) groups is 1.